The molecule has 2 aromatic rings. The third kappa shape index (κ3) is 4.46. The molecule has 0 saturated heterocycles. The summed E-state index contributed by atoms with van der Waals surface area (Å²) in [6.07, 6.45) is 0. The third-order valence-electron chi connectivity index (χ3n) is 4.19. The minimum atomic E-state index is -1.11. The number of aliphatic carboxylic acids is 1. The van der Waals surface area contributed by atoms with Gasteiger partial charge in [-0.2, -0.15) is 0 Å². The topological polar surface area (TPSA) is 94.5 Å². The van der Waals surface area contributed by atoms with Crippen LogP contribution in [0.1, 0.15) is 15.9 Å². The lowest BCUT2D eigenvalue weighted by Gasteiger charge is -2.23. The van der Waals surface area contributed by atoms with Crippen LogP contribution in [0.15, 0.2) is 36.4 Å². The van der Waals surface area contributed by atoms with Gasteiger partial charge in [0.1, 0.15) is 31.3 Å². The molecule has 148 valence electrons. The Bertz CT molecular complexity index is 859. The first-order valence-electron chi connectivity index (χ1n) is 8.63. The Morgan fingerprint density at radius 2 is 1.64 bits per heavy atom. The molecule has 3 rings (SSSR count). The van der Waals surface area contributed by atoms with Crippen LogP contribution in [-0.2, 0) is 11.3 Å². The van der Waals surface area contributed by atoms with Crippen LogP contribution in [0.3, 0.4) is 0 Å². The predicted molar refractivity (Wildman–Crippen MR) is 99.4 cm³/mol. The fraction of sp³-hybridized carbons (Fsp3) is 0.300. The Hall–Kier alpha value is -3.42. The molecular formula is C20H21NO7. The average Bonchev–Trinajstić information content (AvgIpc) is 2.71. The standard InChI is InChI=1S/C20H21NO7/c1-25-15-7-13(8-16(10-15)26-2)11-21(12-19(22)23)20(24)14-3-4-17-18(9-14)28-6-5-27-17/h3-4,7-10H,5-6,11-12H2,1-2H3,(H,22,23). The van der Waals surface area contributed by atoms with Crippen molar-refractivity contribution in [3.63, 3.8) is 0 Å². The van der Waals surface area contributed by atoms with Crippen LogP contribution >= 0.6 is 0 Å². The van der Waals surface area contributed by atoms with Crippen LogP contribution < -0.4 is 18.9 Å². The minimum Gasteiger partial charge on any atom is -0.497 e. The van der Waals surface area contributed by atoms with E-state index in [1.165, 1.54) is 19.1 Å². The quantitative estimate of drug-likeness (QED) is 0.778. The molecule has 1 N–H and O–H groups in total. The molecule has 1 aliphatic rings. The highest BCUT2D eigenvalue weighted by Crippen LogP contribution is 2.31. The highest BCUT2D eigenvalue weighted by atomic mass is 16.6. The second-order valence-electron chi connectivity index (χ2n) is 6.13. The number of ether oxygens (including phenoxy) is 4. The zero-order valence-electron chi connectivity index (χ0n) is 15.6. The van der Waals surface area contributed by atoms with Crippen LogP contribution in [0.2, 0.25) is 0 Å². The maximum atomic E-state index is 13.0. The molecule has 0 unspecified atom stereocenters. The first-order valence-corrected chi connectivity index (χ1v) is 8.63. The number of hydrogen-bond donors (Lipinski definition) is 1. The summed E-state index contributed by atoms with van der Waals surface area (Å²) in [5.41, 5.74) is 1.00. The molecule has 1 heterocycles. The molecule has 2 aromatic carbocycles. The van der Waals surface area contributed by atoms with Crippen molar-refractivity contribution in [2.45, 2.75) is 6.54 Å². The van der Waals surface area contributed by atoms with Crippen molar-refractivity contribution in [1.29, 1.82) is 0 Å². The van der Waals surface area contributed by atoms with Gasteiger partial charge in [0.15, 0.2) is 11.5 Å². The van der Waals surface area contributed by atoms with Gasteiger partial charge in [-0.25, -0.2) is 0 Å². The van der Waals surface area contributed by atoms with E-state index in [1.54, 1.807) is 36.4 Å². The number of methoxy groups -OCH3 is 2. The molecule has 0 saturated carbocycles. The van der Waals surface area contributed by atoms with Crippen molar-refractivity contribution in [3.8, 4) is 23.0 Å². The molecule has 0 aliphatic carbocycles. The van der Waals surface area contributed by atoms with Crippen LogP contribution in [0.4, 0.5) is 0 Å². The number of carboxylic acid groups (broad SMARTS) is 1. The number of rotatable bonds is 7. The zero-order valence-corrected chi connectivity index (χ0v) is 15.6. The van der Waals surface area contributed by atoms with E-state index in [-0.39, 0.29) is 6.54 Å². The highest BCUT2D eigenvalue weighted by molar-refractivity contribution is 5.96. The summed E-state index contributed by atoms with van der Waals surface area (Å²) in [5, 5.41) is 9.26. The minimum absolute atomic E-state index is 0.0765. The number of carbonyl (C=O) groups is 2. The molecule has 28 heavy (non-hydrogen) atoms. The van der Waals surface area contributed by atoms with Gasteiger partial charge >= 0.3 is 5.97 Å². The number of amides is 1. The number of carboxylic acids is 1. The van der Waals surface area contributed by atoms with Gasteiger partial charge in [-0.3, -0.25) is 9.59 Å². The lowest BCUT2D eigenvalue weighted by Crippen LogP contribution is -2.35. The second kappa shape index (κ2) is 8.51. The smallest absolute Gasteiger partial charge is 0.323 e. The molecule has 0 atom stereocenters. The Kier molecular flexibility index (Phi) is 5.88. The third-order valence-corrected chi connectivity index (χ3v) is 4.19. The normalized spacial score (nSPS) is 12.2. The Balaban J connectivity index is 1.87. The summed E-state index contributed by atoms with van der Waals surface area (Å²) in [6.45, 7) is 0.468. The highest BCUT2D eigenvalue weighted by Gasteiger charge is 2.22. The summed E-state index contributed by atoms with van der Waals surface area (Å²) >= 11 is 0. The first-order chi connectivity index (χ1) is 13.5. The van der Waals surface area contributed by atoms with E-state index in [2.05, 4.69) is 0 Å². The summed E-state index contributed by atoms with van der Waals surface area (Å²) in [5.74, 6) is 0.593. The van der Waals surface area contributed by atoms with Crippen LogP contribution in [0.25, 0.3) is 0 Å². The van der Waals surface area contributed by atoms with Crippen LogP contribution in [0, 0.1) is 0 Å². The van der Waals surface area contributed by atoms with E-state index in [0.29, 0.717) is 47.3 Å². The lowest BCUT2D eigenvalue weighted by atomic mass is 10.1. The fourth-order valence-corrected chi connectivity index (χ4v) is 2.90. The number of benzene rings is 2. The van der Waals surface area contributed by atoms with E-state index >= 15 is 0 Å². The van der Waals surface area contributed by atoms with Crippen molar-refractivity contribution in [2.75, 3.05) is 34.0 Å². The number of fused-ring (bicyclic) bond motifs is 1. The van der Waals surface area contributed by atoms with Gasteiger partial charge in [0, 0.05) is 18.2 Å². The molecule has 8 nitrogen and oxygen atoms in total. The Morgan fingerprint density at radius 3 is 2.25 bits per heavy atom. The van der Waals surface area contributed by atoms with Crippen molar-refractivity contribution in [2.24, 2.45) is 0 Å². The Labute approximate surface area is 162 Å². The van der Waals surface area contributed by atoms with Gasteiger partial charge in [0.25, 0.3) is 5.91 Å². The van der Waals surface area contributed by atoms with E-state index in [1.807, 2.05) is 0 Å². The van der Waals surface area contributed by atoms with E-state index < -0.39 is 18.4 Å². The number of hydrogen-bond acceptors (Lipinski definition) is 6. The van der Waals surface area contributed by atoms with Crippen molar-refractivity contribution in [3.05, 3.63) is 47.5 Å². The zero-order chi connectivity index (χ0) is 20.1. The molecule has 0 aromatic heterocycles. The van der Waals surface area contributed by atoms with Gasteiger partial charge in [-0.15, -0.1) is 0 Å². The predicted octanol–water partition coefficient (Wildman–Crippen LogP) is 2.20. The number of nitrogens with zero attached hydrogens (tertiary/aromatic N) is 1. The molecule has 0 bridgehead atoms. The first kappa shape index (κ1) is 19.3. The molecule has 1 aliphatic heterocycles. The maximum Gasteiger partial charge on any atom is 0.323 e. The largest absolute Gasteiger partial charge is 0.497 e. The Morgan fingerprint density at radius 1 is 1.00 bits per heavy atom. The van der Waals surface area contributed by atoms with Gasteiger partial charge < -0.3 is 29.0 Å². The molecule has 1 amide bonds. The van der Waals surface area contributed by atoms with Gasteiger partial charge in [0.05, 0.1) is 14.2 Å². The lowest BCUT2D eigenvalue weighted by molar-refractivity contribution is -0.137. The monoisotopic (exact) mass is 387 g/mol. The van der Waals surface area contributed by atoms with Crippen molar-refractivity contribution in [1.82, 2.24) is 4.90 Å². The van der Waals surface area contributed by atoms with E-state index in [9.17, 15) is 14.7 Å². The summed E-state index contributed by atoms with van der Waals surface area (Å²) < 4.78 is 21.4. The van der Waals surface area contributed by atoms with E-state index in [4.69, 9.17) is 18.9 Å². The van der Waals surface area contributed by atoms with E-state index in [0.717, 1.165) is 0 Å². The molecular weight excluding hydrogens is 366 g/mol. The molecule has 8 heteroatoms. The second-order valence-corrected chi connectivity index (χ2v) is 6.13. The molecule has 0 spiro atoms. The van der Waals surface area contributed by atoms with Crippen molar-refractivity contribution >= 4 is 11.9 Å². The van der Waals surface area contributed by atoms with Crippen LogP contribution in [0.5, 0.6) is 23.0 Å². The van der Waals surface area contributed by atoms with Crippen LogP contribution in [-0.4, -0.2) is 55.9 Å². The van der Waals surface area contributed by atoms with Gasteiger partial charge in [-0.05, 0) is 35.9 Å². The molecule has 0 fully saturated rings. The molecule has 0 radical (unpaired) electrons. The fourth-order valence-electron chi connectivity index (χ4n) is 2.90. The van der Waals surface area contributed by atoms with Gasteiger partial charge in [-0.1, -0.05) is 0 Å². The maximum absolute atomic E-state index is 13.0. The number of carbonyl (C=O) groups excluding carboxylic acids is 1. The average molecular weight is 387 g/mol. The summed E-state index contributed by atoms with van der Waals surface area (Å²) in [6, 6.07) is 9.97. The summed E-state index contributed by atoms with van der Waals surface area (Å²) in [7, 11) is 3.04. The van der Waals surface area contributed by atoms with Gasteiger partial charge in [0.2, 0.25) is 0 Å². The summed E-state index contributed by atoms with van der Waals surface area (Å²) in [4.78, 5) is 25.5. The van der Waals surface area contributed by atoms with Crippen molar-refractivity contribution < 1.29 is 33.6 Å². The SMILES string of the molecule is COc1cc(CN(CC(=O)O)C(=O)c2ccc3c(c2)OCCO3)cc(OC)c1.